The minimum Gasteiger partial charge on any atom is -0.394 e. The Morgan fingerprint density at radius 1 is 1.60 bits per heavy atom. The van der Waals surface area contributed by atoms with Crippen LogP contribution in [0.5, 0.6) is 0 Å². The molecule has 2 heteroatoms. The fourth-order valence-electron chi connectivity index (χ4n) is 1.62. The van der Waals surface area contributed by atoms with Crippen molar-refractivity contribution in [3.05, 3.63) is 0 Å². The van der Waals surface area contributed by atoms with E-state index in [9.17, 15) is 0 Å². The molecule has 1 aliphatic heterocycles. The average molecular weight is 144 g/mol. The molecule has 1 rings (SSSR count). The van der Waals surface area contributed by atoms with Gasteiger partial charge in [-0.3, -0.25) is 0 Å². The van der Waals surface area contributed by atoms with Gasteiger partial charge in [0.25, 0.3) is 0 Å². The van der Waals surface area contributed by atoms with Crippen molar-refractivity contribution in [1.29, 1.82) is 0 Å². The van der Waals surface area contributed by atoms with Crippen LogP contribution in [0.1, 0.15) is 26.7 Å². The summed E-state index contributed by atoms with van der Waals surface area (Å²) in [5.74, 6) is 0.627. The molecule has 1 N–H and O–H groups in total. The summed E-state index contributed by atoms with van der Waals surface area (Å²) in [6, 6.07) is 0. The van der Waals surface area contributed by atoms with E-state index in [1.807, 2.05) is 0 Å². The van der Waals surface area contributed by atoms with Gasteiger partial charge in [0.15, 0.2) is 0 Å². The van der Waals surface area contributed by atoms with E-state index in [0.29, 0.717) is 12.0 Å². The molecule has 1 heterocycles. The van der Waals surface area contributed by atoms with Crippen LogP contribution in [0.25, 0.3) is 0 Å². The lowest BCUT2D eigenvalue weighted by Crippen LogP contribution is -2.14. The van der Waals surface area contributed by atoms with Gasteiger partial charge in [0, 0.05) is 0 Å². The zero-order valence-corrected chi connectivity index (χ0v) is 6.71. The highest BCUT2D eigenvalue weighted by Crippen LogP contribution is 2.27. The number of rotatable bonds is 2. The van der Waals surface area contributed by atoms with E-state index >= 15 is 0 Å². The molecule has 2 nitrogen and oxygen atoms in total. The molecule has 1 aliphatic rings. The topological polar surface area (TPSA) is 29.5 Å². The standard InChI is InChI=1S/C8H16O2/c1-3-8-6(2)4-7(5-9)10-8/h6-9H,3-5H2,1-2H3. The minimum atomic E-state index is 0.111. The first-order valence-electron chi connectivity index (χ1n) is 4.04. The van der Waals surface area contributed by atoms with E-state index in [2.05, 4.69) is 13.8 Å². The molecule has 3 atom stereocenters. The SMILES string of the molecule is CCC1OC(CO)CC1C. The lowest BCUT2D eigenvalue weighted by atomic mass is 10.0. The molecule has 60 valence electrons. The van der Waals surface area contributed by atoms with Gasteiger partial charge in [-0.25, -0.2) is 0 Å². The van der Waals surface area contributed by atoms with Gasteiger partial charge in [0.2, 0.25) is 0 Å². The quantitative estimate of drug-likeness (QED) is 0.630. The Hall–Kier alpha value is -0.0800. The summed E-state index contributed by atoms with van der Waals surface area (Å²) >= 11 is 0. The molecular formula is C8H16O2. The highest BCUT2D eigenvalue weighted by molar-refractivity contribution is 4.77. The summed E-state index contributed by atoms with van der Waals surface area (Å²) < 4.78 is 5.52. The van der Waals surface area contributed by atoms with Crippen LogP contribution in [-0.4, -0.2) is 23.9 Å². The zero-order valence-electron chi connectivity index (χ0n) is 6.71. The van der Waals surface area contributed by atoms with E-state index in [4.69, 9.17) is 9.84 Å². The maximum Gasteiger partial charge on any atom is 0.0813 e. The number of ether oxygens (including phenoxy) is 1. The first-order chi connectivity index (χ1) is 4.77. The largest absolute Gasteiger partial charge is 0.394 e. The monoisotopic (exact) mass is 144 g/mol. The molecular weight excluding hydrogens is 128 g/mol. The first kappa shape index (κ1) is 8.02. The summed E-state index contributed by atoms with van der Waals surface area (Å²) in [6.07, 6.45) is 2.59. The van der Waals surface area contributed by atoms with Gasteiger partial charge >= 0.3 is 0 Å². The van der Waals surface area contributed by atoms with E-state index in [0.717, 1.165) is 12.8 Å². The van der Waals surface area contributed by atoms with Crippen LogP contribution >= 0.6 is 0 Å². The van der Waals surface area contributed by atoms with Crippen LogP contribution in [0.2, 0.25) is 0 Å². The molecule has 3 unspecified atom stereocenters. The Balaban J connectivity index is 2.36. The van der Waals surface area contributed by atoms with E-state index in [1.54, 1.807) is 0 Å². The van der Waals surface area contributed by atoms with Crippen LogP contribution in [0.15, 0.2) is 0 Å². The Morgan fingerprint density at radius 2 is 2.30 bits per heavy atom. The van der Waals surface area contributed by atoms with Crippen molar-refractivity contribution in [2.24, 2.45) is 5.92 Å². The smallest absolute Gasteiger partial charge is 0.0813 e. The second-order valence-corrected chi connectivity index (χ2v) is 3.10. The predicted octanol–water partition coefficient (Wildman–Crippen LogP) is 1.18. The fraction of sp³-hybridized carbons (Fsp3) is 1.00. The molecule has 10 heavy (non-hydrogen) atoms. The summed E-state index contributed by atoms with van der Waals surface area (Å²) in [5.41, 5.74) is 0. The van der Waals surface area contributed by atoms with Crippen LogP contribution < -0.4 is 0 Å². The van der Waals surface area contributed by atoms with Crippen LogP contribution in [0.4, 0.5) is 0 Å². The molecule has 1 fully saturated rings. The Bertz CT molecular complexity index is 103. The Morgan fingerprint density at radius 3 is 2.60 bits per heavy atom. The van der Waals surface area contributed by atoms with Gasteiger partial charge in [0.05, 0.1) is 18.8 Å². The van der Waals surface area contributed by atoms with Crippen molar-refractivity contribution < 1.29 is 9.84 Å². The molecule has 0 radical (unpaired) electrons. The van der Waals surface area contributed by atoms with E-state index < -0.39 is 0 Å². The Labute approximate surface area is 62.2 Å². The summed E-state index contributed by atoms with van der Waals surface area (Å²) in [4.78, 5) is 0. The van der Waals surface area contributed by atoms with E-state index in [-0.39, 0.29) is 12.7 Å². The highest BCUT2D eigenvalue weighted by Gasteiger charge is 2.29. The van der Waals surface area contributed by atoms with Gasteiger partial charge in [0.1, 0.15) is 0 Å². The summed E-state index contributed by atoms with van der Waals surface area (Å²) in [5, 5.41) is 8.77. The Kier molecular flexibility index (Phi) is 2.69. The lowest BCUT2D eigenvalue weighted by molar-refractivity contribution is 0.00488. The third kappa shape index (κ3) is 1.50. The fourth-order valence-corrected chi connectivity index (χ4v) is 1.62. The predicted molar refractivity (Wildman–Crippen MR) is 39.8 cm³/mol. The van der Waals surface area contributed by atoms with Crippen molar-refractivity contribution in [1.82, 2.24) is 0 Å². The van der Waals surface area contributed by atoms with Gasteiger partial charge < -0.3 is 9.84 Å². The van der Waals surface area contributed by atoms with Crippen LogP contribution in [0, 0.1) is 5.92 Å². The minimum absolute atomic E-state index is 0.111. The molecule has 0 aromatic carbocycles. The highest BCUT2D eigenvalue weighted by atomic mass is 16.5. The van der Waals surface area contributed by atoms with Crippen molar-refractivity contribution in [2.75, 3.05) is 6.61 Å². The van der Waals surface area contributed by atoms with Gasteiger partial charge in [-0.1, -0.05) is 13.8 Å². The second kappa shape index (κ2) is 3.35. The van der Waals surface area contributed by atoms with Gasteiger partial charge in [-0.05, 0) is 18.8 Å². The summed E-state index contributed by atoms with van der Waals surface area (Å²) in [7, 11) is 0. The summed E-state index contributed by atoms with van der Waals surface area (Å²) in [6.45, 7) is 4.49. The molecule has 0 amide bonds. The molecule has 1 saturated heterocycles. The normalized spacial score (nSPS) is 40.5. The molecule has 0 bridgehead atoms. The molecule has 0 aromatic rings. The average Bonchev–Trinajstić information content (AvgIpc) is 2.30. The second-order valence-electron chi connectivity index (χ2n) is 3.10. The molecule has 0 aromatic heterocycles. The first-order valence-corrected chi connectivity index (χ1v) is 4.04. The molecule has 0 saturated carbocycles. The van der Waals surface area contributed by atoms with E-state index in [1.165, 1.54) is 0 Å². The van der Waals surface area contributed by atoms with Crippen molar-refractivity contribution in [3.63, 3.8) is 0 Å². The van der Waals surface area contributed by atoms with Gasteiger partial charge in [-0.15, -0.1) is 0 Å². The third-order valence-corrected chi connectivity index (χ3v) is 2.24. The number of aliphatic hydroxyl groups is 1. The van der Waals surface area contributed by atoms with Gasteiger partial charge in [-0.2, -0.15) is 0 Å². The maximum atomic E-state index is 8.77. The number of hydrogen-bond acceptors (Lipinski definition) is 2. The number of hydrogen-bond donors (Lipinski definition) is 1. The van der Waals surface area contributed by atoms with Crippen LogP contribution in [0.3, 0.4) is 0 Å². The van der Waals surface area contributed by atoms with Crippen molar-refractivity contribution >= 4 is 0 Å². The lowest BCUT2D eigenvalue weighted by Gasteiger charge is -2.11. The third-order valence-electron chi connectivity index (χ3n) is 2.24. The molecule has 0 aliphatic carbocycles. The maximum absolute atomic E-state index is 8.77. The zero-order chi connectivity index (χ0) is 7.56. The van der Waals surface area contributed by atoms with Crippen LogP contribution in [-0.2, 0) is 4.74 Å². The van der Waals surface area contributed by atoms with Crippen molar-refractivity contribution in [3.8, 4) is 0 Å². The van der Waals surface area contributed by atoms with Crippen molar-refractivity contribution in [2.45, 2.75) is 38.9 Å². The number of aliphatic hydroxyl groups excluding tert-OH is 1. The molecule has 0 spiro atoms.